The van der Waals surface area contributed by atoms with Crippen LogP contribution in [-0.4, -0.2) is 50.5 Å². The number of hydrogen-bond donors (Lipinski definition) is 6. The summed E-state index contributed by atoms with van der Waals surface area (Å²) in [4.78, 5) is 15.7. The third-order valence-corrected chi connectivity index (χ3v) is 2.67. The second-order valence-electron chi connectivity index (χ2n) is 4.96. The molecule has 0 aliphatic heterocycles. The average molecular weight is 405 g/mol. The van der Waals surface area contributed by atoms with Gasteiger partial charge in [-0.1, -0.05) is 49.0 Å². The van der Waals surface area contributed by atoms with Crippen molar-refractivity contribution in [1.29, 1.82) is 0 Å². The summed E-state index contributed by atoms with van der Waals surface area (Å²) < 4.78 is 0. The van der Waals surface area contributed by atoms with Crippen LogP contribution < -0.4 is 33.6 Å². The van der Waals surface area contributed by atoms with Gasteiger partial charge in [0.1, 0.15) is 0 Å². The molecule has 10 N–H and O–H groups in total. The van der Waals surface area contributed by atoms with Gasteiger partial charge >= 0.3 is 0 Å². The molecule has 0 atom stereocenters. The Hall–Kier alpha value is -2.52. The van der Waals surface area contributed by atoms with Crippen molar-refractivity contribution >= 4 is 23.8 Å². The Morgan fingerprint density at radius 2 is 1.00 bits per heavy atom. The Kier molecular flexibility index (Phi) is 34.7. The van der Waals surface area contributed by atoms with Gasteiger partial charge in [0.2, 0.25) is 0 Å². The van der Waals surface area contributed by atoms with Gasteiger partial charge in [-0.25, -0.2) is 0 Å². The second kappa shape index (κ2) is 26.7. The van der Waals surface area contributed by atoms with Crippen LogP contribution in [0.3, 0.4) is 0 Å². The third kappa shape index (κ3) is 28.3. The Morgan fingerprint density at radius 1 is 0.643 bits per heavy atom. The summed E-state index contributed by atoms with van der Waals surface area (Å²) in [5.41, 5.74) is 21.8. The number of nitrogens with zero attached hydrogens (tertiary/aromatic N) is 4. The van der Waals surface area contributed by atoms with Gasteiger partial charge in [-0.05, 0) is 19.8 Å². The molecule has 0 unspecified atom stereocenters. The zero-order chi connectivity index (χ0) is 19.5. The van der Waals surface area contributed by atoms with Crippen molar-refractivity contribution < 1.29 is 0 Å². The number of aliphatic imine (C=N–C) groups is 4. The number of hydrogen-bond acceptors (Lipinski definition) is 4. The lowest BCUT2D eigenvalue weighted by Gasteiger charge is -2.03. The zero-order valence-electron chi connectivity index (χ0n) is 16.0. The number of unbranched alkanes of at least 4 members (excludes halogenated alkanes) is 2. The van der Waals surface area contributed by atoms with E-state index in [1.165, 1.54) is 0 Å². The van der Waals surface area contributed by atoms with Crippen LogP contribution in [0.4, 0.5) is 0 Å². The van der Waals surface area contributed by atoms with E-state index in [9.17, 15) is 0 Å². The molecule has 0 bridgehead atoms. The van der Waals surface area contributed by atoms with Gasteiger partial charge in [0.25, 0.3) is 0 Å². The Morgan fingerprint density at radius 3 is 1.32 bits per heavy atom. The highest BCUT2D eigenvalue weighted by atomic mass is 15.2. The molecule has 0 heterocycles. The molecule has 0 fully saturated rings. The molecular weight excluding hydrogens is 356 g/mol. The van der Waals surface area contributed by atoms with Crippen molar-refractivity contribution in [3.8, 4) is 0 Å². The van der Waals surface area contributed by atoms with E-state index < -0.39 is 0 Å². The molecule has 0 rings (SSSR count). The van der Waals surface area contributed by atoms with E-state index in [1.54, 1.807) is 7.05 Å². The number of rotatable bonds is 7. The van der Waals surface area contributed by atoms with Gasteiger partial charge in [-0.3, -0.25) is 30.6 Å². The van der Waals surface area contributed by atoms with Crippen molar-refractivity contribution in [3.05, 3.63) is 0 Å². The van der Waals surface area contributed by atoms with Crippen LogP contribution >= 0.6 is 0 Å². The fourth-order valence-electron chi connectivity index (χ4n) is 1.32. The Labute approximate surface area is 173 Å². The van der Waals surface area contributed by atoms with Crippen molar-refractivity contribution in [1.82, 2.24) is 10.6 Å². The van der Waals surface area contributed by atoms with Crippen LogP contribution in [0, 0.1) is 0 Å². The van der Waals surface area contributed by atoms with E-state index in [2.05, 4.69) is 44.5 Å². The third-order valence-electron chi connectivity index (χ3n) is 2.67. The molecule has 0 aromatic heterocycles. The molecule has 10 heteroatoms. The average Bonchev–Trinajstić information content (AvgIpc) is 2.56. The molecule has 0 radical (unpaired) electrons. The maximum atomic E-state index is 5.52. The normalized spacial score (nSPS) is 11.7. The van der Waals surface area contributed by atoms with E-state index in [-0.39, 0.29) is 28.2 Å². The first-order valence-electron chi connectivity index (χ1n) is 8.57. The lowest BCUT2D eigenvalue weighted by Crippen LogP contribution is -2.41. The predicted octanol–water partition coefficient (Wildman–Crippen LogP) is 1.57. The highest BCUT2D eigenvalue weighted by Crippen LogP contribution is 1.86. The first-order valence-corrected chi connectivity index (χ1v) is 8.57. The van der Waals surface area contributed by atoms with Gasteiger partial charge in [-0.15, -0.1) is 0 Å². The van der Waals surface area contributed by atoms with Gasteiger partial charge in [-0.2, -0.15) is 0 Å². The van der Waals surface area contributed by atoms with Gasteiger partial charge in [0.05, 0.1) is 0 Å². The van der Waals surface area contributed by atoms with Crippen LogP contribution in [0.25, 0.3) is 0 Å². The lowest BCUT2D eigenvalue weighted by atomic mass is 10.3. The Bertz CT molecular complexity index is 442. The molecule has 0 aromatic rings. The second-order valence-corrected chi connectivity index (χ2v) is 4.96. The van der Waals surface area contributed by atoms with Gasteiger partial charge < -0.3 is 22.9 Å². The molecule has 0 aromatic carbocycles. The van der Waals surface area contributed by atoms with Crippen molar-refractivity contribution in [2.45, 2.75) is 68.7 Å². The summed E-state index contributed by atoms with van der Waals surface area (Å²) >= 11 is 0. The number of nitrogens with two attached hydrogens (primary N) is 4. The first-order chi connectivity index (χ1) is 11.9. The van der Waals surface area contributed by atoms with E-state index in [0.29, 0.717) is 24.4 Å². The number of nitrogens with one attached hydrogen (secondary N) is 2. The summed E-state index contributed by atoms with van der Waals surface area (Å²) in [5.74, 6) is 1.27. The maximum absolute atomic E-state index is 5.52. The van der Waals surface area contributed by atoms with Gasteiger partial charge in [0.15, 0.2) is 23.8 Å². The van der Waals surface area contributed by atoms with E-state index >= 15 is 0 Å². The SMILES string of the molecule is C.C.C.CCCCN=C(N)NC(N)=NC.CCCCN=C(N)NC(N)=NCC. The molecule has 28 heavy (non-hydrogen) atoms. The molecule has 10 nitrogen and oxygen atoms in total. The maximum Gasteiger partial charge on any atom is 0.195 e. The molecule has 0 amide bonds. The largest absolute Gasteiger partial charge is 0.370 e. The molecule has 0 aliphatic carbocycles. The summed E-state index contributed by atoms with van der Waals surface area (Å²) in [6, 6.07) is 0. The van der Waals surface area contributed by atoms with Crippen molar-refractivity contribution in [3.63, 3.8) is 0 Å². The van der Waals surface area contributed by atoms with Crippen LogP contribution in [-0.2, 0) is 0 Å². The number of guanidine groups is 4. The molecule has 0 saturated heterocycles. The summed E-state index contributed by atoms with van der Waals surface area (Å²) in [5, 5.41) is 5.34. The van der Waals surface area contributed by atoms with Crippen LogP contribution in [0.5, 0.6) is 0 Å². The van der Waals surface area contributed by atoms with Crippen molar-refractivity contribution in [2.24, 2.45) is 42.9 Å². The molecule has 170 valence electrons. The van der Waals surface area contributed by atoms with Crippen LogP contribution in [0.1, 0.15) is 68.7 Å². The standard InChI is InChI=1S/C8H19N5.C7H17N5.3CH4/c1-3-5-6-12-8(10)13-7(9)11-4-2;1-3-4-5-11-7(9)12-6(8)10-2;;;/h3-6H2,1-2H3,(H5,9,10,11,12,13);3-5H2,1-2H3,(H5,8,9,10,11,12);3*1H4. The summed E-state index contributed by atoms with van der Waals surface area (Å²) in [6.45, 7) is 8.20. The summed E-state index contributed by atoms with van der Waals surface area (Å²) in [6.07, 6.45) is 4.28. The van der Waals surface area contributed by atoms with Crippen LogP contribution in [0.15, 0.2) is 20.0 Å². The highest BCUT2D eigenvalue weighted by Gasteiger charge is 1.93. The Balaban J connectivity index is -0.000000114. The molecule has 0 saturated carbocycles. The fraction of sp³-hybridized carbons (Fsp3) is 0.778. The minimum absolute atomic E-state index is 0. The van der Waals surface area contributed by atoms with Crippen molar-refractivity contribution in [2.75, 3.05) is 26.7 Å². The highest BCUT2D eigenvalue weighted by molar-refractivity contribution is 5.97. The van der Waals surface area contributed by atoms with Crippen LogP contribution in [0.2, 0.25) is 0 Å². The van der Waals surface area contributed by atoms with Gasteiger partial charge in [0, 0.05) is 26.7 Å². The topological polar surface area (TPSA) is 178 Å². The smallest absolute Gasteiger partial charge is 0.195 e. The van der Waals surface area contributed by atoms with E-state index in [0.717, 1.165) is 38.8 Å². The molecular formula is C18H48N10. The zero-order valence-corrected chi connectivity index (χ0v) is 16.0. The minimum Gasteiger partial charge on any atom is -0.370 e. The fourth-order valence-corrected chi connectivity index (χ4v) is 1.32. The lowest BCUT2D eigenvalue weighted by molar-refractivity contribution is 0.804. The molecule has 0 spiro atoms. The van der Waals surface area contributed by atoms with E-state index in [4.69, 9.17) is 22.9 Å². The minimum atomic E-state index is 0. The predicted molar refractivity (Wildman–Crippen MR) is 129 cm³/mol. The quantitative estimate of drug-likeness (QED) is 0.213. The molecule has 0 aliphatic rings. The monoisotopic (exact) mass is 404 g/mol. The summed E-state index contributed by atoms with van der Waals surface area (Å²) in [7, 11) is 1.58. The first kappa shape index (κ1) is 36.4. The van der Waals surface area contributed by atoms with E-state index in [1.807, 2.05) is 6.92 Å².